The fourth-order valence-electron chi connectivity index (χ4n) is 2.92. The van der Waals surface area contributed by atoms with Crippen LogP contribution in [0.3, 0.4) is 0 Å². The number of hydrogen-bond donors (Lipinski definition) is 3. The second kappa shape index (κ2) is 5.90. The minimum Gasteiger partial charge on any atom is -0.399 e. The summed E-state index contributed by atoms with van der Waals surface area (Å²) in [6, 6.07) is 6.89. The molecule has 0 amide bonds. The van der Waals surface area contributed by atoms with Gasteiger partial charge < -0.3 is 25.4 Å². The Hall–Kier alpha value is -1.58. The van der Waals surface area contributed by atoms with Gasteiger partial charge in [0.2, 0.25) is 0 Å². The number of anilines is 1. The Bertz CT molecular complexity index is 571. The monoisotopic (exact) mass is 303 g/mol. The van der Waals surface area contributed by atoms with Crippen molar-refractivity contribution in [3.05, 3.63) is 29.8 Å². The molecule has 2 fully saturated rings. The Kier molecular flexibility index (Phi) is 4.11. The normalized spacial score (nSPS) is 23.7. The van der Waals surface area contributed by atoms with Gasteiger partial charge in [0.05, 0.1) is 13.2 Å². The second-order valence-electron chi connectivity index (χ2n) is 5.98. The maximum absolute atomic E-state index is 10.5. The number of aliphatic hydroxyl groups excluding tert-OH is 1. The summed E-state index contributed by atoms with van der Waals surface area (Å²) in [6.45, 7) is 1.22. The van der Waals surface area contributed by atoms with E-state index in [1.807, 2.05) is 0 Å². The van der Waals surface area contributed by atoms with Gasteiger partial charge in [-0.3, -0.25) is 0 Å². The summed E-state index contributed by atoms with van der Waals surface area (Å²) in [4.78, 5) is 0. The summed E-state index contributed by atoms with van der Waals surface area (Å²) >= 11 is 0. The third-order valence-electron chi connectivity index (χ3n) is 4.35. The van der Waals surface area contributed by atoms with Crippen molar-refractivity contribution >= 4 is 5.69 Å². The molecule has 4 N–H and O–H groups in total. The molecule has 1 unspecified atom stereocenters. The van der Waals surface area contributed by atoms with Gasteiger partial charge in [0.25, 0.3) is 0 Å². The highest BCUT2D eigenvalue weighted by Crippen LogP contribution is 2.40. The third kappa shape index (κ3) is 3.26. The van der Waals surface area contributed by atoms with E-state index in [-0.39, 0.29) is 0 Å². The molecule has 22 heavy (non-hydrogen) atoms. The van der Waals surface area contributed by atoms with Crippen LogP contribution in [0.4, 0.5) is 5.69 Å². The predicted molar refractivity (Wildman–Crippen MR) is 81.6 cm³/mol. The van der Waals surface area contributed by atoms with Crippen LogP contribution >= 0.6 is 0 Å². The van der Waals surface area contributed by atoms with Crippen molar-refractivity contribution in [1.29, 1.82) is 0 Å². The van der Waals surface area contributed by atoms with E-state index in [1.54, 1.807) is 24.3 Å². The molecule has 5 nitrogen and oxygen atoms in total. The molecule has 1 saturated carbocycles. The Labute approximate surface area is 130 Å². The van der Waals surface area contributed by atoms with Gasteiger partial charge in [-0.05, 0) is 30.5 Å². The summed E-state index contributed by atoms with van der Waals surface area (Å²) in [5.41, 5.74) is 5.83. The van der Waals surface area contributed by atoms with E-state index in [0.717, 1.165) is 0 Å². The van der Waals surface area contributed by atoms with Gasteiger partial charge in [0, 0.05) is 18.5 Å². The molecule has 0 bridgehead atoms. The van der Waals surface area contributed by atoms with Gasteiger partial charge in [-0.15, -0.1) is 0 Å². The summed E-state index contributed by atoms with van der Waals surface area (Å²) < 4.78 is 11.3. The first-order valence-electron chi connectivity index (χ1n) is 7.57. The molecule has 1 spiro atoms. The zero-order valence-electron chi connectivity index (χ0n) is 12.4. The van der Waals surface area contributed by atoms with Crippen LogP contribution in [0.2, 0.25) is 0 Å². The molecule has 1 aromatic carbocycles. The summed E-state index contributed by atoms with van der Waals surface area (Å²) in [7, 11) is 0. The van der Waals surface area contributed by atoms with Crippen LogP contribution in [0.5, 0.6) is 0 Å². The Morgan fingerprint density at radius 3 is 2.23 bits per heavy atom. The molecule has 2 aliphatic rings. The molecular formula is C17H21NO4. The molecule has 0 radical (unpaired) electrons. The minimum atomic E-state index is -1.09. The lowest BCUT2D eigenvalue weighted by molar-refractivity contribution is -0.195. The Balaban J connectivity index is 1.64. The predicted octanol–water partition coefficient (Wildman–Crippen LogP) is 1.35. The fourth-order valence-corrected chi connectivity index (χ4v) is 2.92. The molecule has 1 saturated heterocycles. The Morgan fingerprint density at radius 2 is 1.64 bits per heavy atom. The van der Waals surface area contributed by atoms with E-state index in [4.69, 9.17) is 15.2 Å². The minimum absolute atomic E-state index is 0.481. The number of nitrogen functional groups attached to an aromatic ring is 1. The van der Waals surface area contributed by atoms with Crippen molar-refractivity contribution in [3.8, 4) is 11.8 Å². The molecule has 1 aliphatic carbocycles. The van der Waals surface area contributed by atoms with Crippen LogP contribution in [-0.4, -0.2) is 34.8 Å². The summed E-state index contributed by atoms with van der Waals surface area (Å²) in [6.07, 6.45) is 1.27. The molecule has 118 valence electrons. The van der Waals surface area contributed by atoms with E-state index < -0.39 is 17.5 Å². The standard InChI is InChI=1S/C17H21NO4/c18-14-3-1-13(2-4-14)15(19)5-6-16(20)7-9-17(10-8-16)21-11-12-22-17/h1-4,15,19-20H,7-12,18H2. The Morgan fingerprint density at radius 1 is 1.05 bits per heavy atom. The van der Waals surface area contributed by atoms with Crippen molar-refractivity contribution in [1.82, 2.24) is 0 Å². The van der Waals surface area contributed by atoms with Crippen LogP contribution < -0.4 is 5.73 Å². The molecular weight excluding hydrogens is 282 g/mol. The summed E-state index contributed by atoms with van der Waals surface area (Å²) in [5.74, 6) is 5.05. The fraction of sp³-hybridized carbons (Fsp3) is 0.529. The third-order valence-corrected chi connectivity index (χ3v) is 4.35. The first-order chi connectivity index (χ1) is 10.5. The lowest BCUT2D eigenvalue weighted by atomic mass is 9.81. The first kappa shape index (κ1) is 15.3. The van der Waals surface area contributed by atoms with Crippen LogP contribution in [0.25, 0.3) is 0 Å². The van der Waals surface area contributed by atoms with Crippen molar-refractivity contribution < 1.29 is 19.7 Å². The number of nitrogens with two attached hydrogens (primary N) is 1. The van der Waals surface area contributed by atoms with E-state index in [0.29, 0.717) is 50.1 Å². The summed E-state index contributed by atoms with van der Waals surface area (Å²) in [5, 5.41) is 20.6. The quantitative estimate of drug-likeness (QED) is 0.539. The van der Waals surface area contributed by atoms with E-state index in [1.165, 1.54) is 0 Å². The number of benzene rings is 1. The highest BCUT2D eigenvalue weighted by molar-refractivity contribution is 5.41. The van der Waals surface area contributed by atoms with E-state index >= 15 is 0 Å². The van der Waals surface area contributed by atoms with Gasteiger partial charge >= 0.3 is 0 Å². The molecule has 0 aromatic heterocycles. The molecule has 1 atom stereocenters. The van der Waals surface area contributed by atoms with E-state index in [9.17, 15) is 10.2 Å². The van der Waals surface area contributed by atoms with Crippen LogP contribution in [0.15, 0.2) is 24.3 Å². The lowest BCUT2D eigenvalue weighted by Gasteiger charge is -2.37. The maximum Gasteiger partial charge on any atom is 0.168 e. The molecule has 1 aromatic rings. The lowest BCUT2D eigenvalue weighted by Crippen LogP contribution is -2.42. The van der Waals surface area contributed by atoms with Crippen molar-refractivity contribution in [2.24, 2.45) is 0 Å². The number of rotatable bonds is 1. The SMILES string of the molecule is Nc1ccc(C(O)C#CC2(O)CCC3(CC2)OCCO3)cc1. The van der Waals surface area contributed by atoms with Crippen LogP contribution in [0.1, 0.15) is 37.4 Å². The van der Waals surface area contributed by atoms with Crippen LogP contribution in [-0.2, 0) is 9.47 Å². The van der Waals surface area contributed by atoms with Crippen molar-refractivity contribution in [3.63, 3.8) is 0 Å². The average molecular weight is 303 g/mol. The number of ether oxygens (including phenoxy) is 2. The first-order valence-corrected chi connectivity index (χ1v) is 7.57. The second-order valence-corrected chi connectivity index (χ2v) is 5.98. The highest BCUT2D eigenvalue weighted by atomic mass is 16.7. The topological polar surface area (TPSA) is 84.9 Å². The van der Waals surface area contributed by atoms with Crippen molar-refractivity contribution in [2.75, 3.05) is 18.9 Å². The zero-order valence-corrected chi connectivity index (χ0v) is 12.4. The zero-order chi connectivity index (χ0) is 15.6. The smallest absolute Gasteiger partial charge is 0.168 e. The highest BCUT2D eigenvalue weighted by Gasteiger charge is 2.44. The average Bonchev–Trinajstić information content (AvgIpc) is 2.98. The van der Waals surface area contributed by atoms with Gasteiger partial charge in [-0.25, -0.2) is 0 Å². The molecule has 3 rings (SSSR count). The molecule has 1 heterocycles. The van der Waals surface area contributed by atoms with Gasteiger partial charge in [-0.1, -0.05) is 24.0 Å². The van der Waals surface area contributed by atoms with Gasteiger partial charge in [-0.2, -0.15) is 0 Å². The molecule has 5 heteroatoms. The van der Waals surface area contributed by atoms with Gasteiger partial charge in [0.15, 0.2) is 5.79 Å². The van der Waals surface area contributed by atoms with Crippen LogP contribution in [0, 0.1) is 11.8 Å². The molecule has 1 aliphatic heterocycles. The van der Waals surface area contributed by atoms with Crippen molar-refractivity contribution in [2.45, 2.75) is 43.2 Å². The number of hydrogen-bond acceptors (Lipinski definition) is 5. The maximum atomic E-state index is 10.5. The van der Waals surface area contributed by atoms with Gasteiger partial charge in [0.1, 0.15) is 11.7 Å². The largest absolute Gasteiger partial charge is 0.399 e. The van der Waals surface area contributed by atoms with E-state index in [2.05, 4.69) is 11.8 Å². The number of aliphatic hydroxyl groups is 2.